The van der Waals surface area contributed by atoms with E-state index in [2.05, 4.69) is 94.1 Å². The van der Waals surface area contributed by atoms with Crippen LogP contribution >= 0.6 is 56.7 Å². The van der Waals surface area contributed by atoms with Crippen LogP contribution in [0.25, 0.3) is 76.4 Å². The maximum Gasteiger partial charge on any atom is 0.335 e. The number of anilines is 10. The first-order chi connectivity index (χ1) is 68.5. The third-order valence-corrected chi connectivity index (χ3v) is 26.0. The van der Waals surface area contributed by atoms with Crippen LogP contribution in [0.1, 0.15) is 138 Å². The highest BCUT2D eigenvalue weighted by molar-refractivity contribution is 7.14. The van der Waals surface area contributed by atoms with Gasteiger partial charge in [-0.05, 0) is 252 Å². The van der Waals surface area contributed by atoms with Crippen molar-refractivity contribution >= 4 is 166 Å². The van der Waals surface area contributed by atoms with Crippen LogP contribution in [0.4, 0.5) is 57.5 Å². The first-order valence-electron chi connectivity index (χ1n) is 45.1. The van der Waals surface area contributed by atoms with Crippen molar-refractivity contribution in [2.45, 2.75) is 105 Å². The second-order valence-electron chi connectivity index (χ2n) is 31.5. The lowest BCUT2D eigenvalue weighted by molar-refractivity contribution is -0.136. The Bertz CT molecular complexity index is 7130. The van der Waals surface area contributed by atoms with Crippen LogP contribution < -0.4 is 31.3 Å². The van der Waals surface area contributed by atoms with E-state index in [4.69, 9.17) is 64.8 Å². The number of ether oxygens (including phenoxy) is 1. The number of allylic oxidation sites excluding steroid dienone is 5. The molecule has 0 saturated heterocycles. The summed E-state index contributed by atoms with van der Waals surface area (Å²) >= 11 is 8.03. The van der Waals surface area contributed by atoms with Crippen molar-refractivity contribution in [1.29, 1.82) is 0 Å². The van der Waals surface area contributed by atoms with Crippen molar-refractivity contribution in [3.05, 3.63) is 373 Å². The normalized spacial score (nSPS) is 10.7. The Hall–Kier alpha value is -16.2. The molecule has 0 atom stereocenters. The number of aliphatic carboxylic acids is 1. The average molecular weight is 1970 g/mol. The van der Waals surface area contributed by atoms with E-state index in [-0.39, 0.29) is 28.7 Å². The summed E-state index contributed by atoms with van der Waals surface area (Å²) in [5, 5.41) is 80.2. The van der Waals surface area contributed by atoms with E-state index in [1.807, 2.05) is 189 Å². The molecule has 0 aliphatic heterocycles. The number of carbonyl (C=O) groups is 5. The van der Waals surface area contributed by atoms with E-state index in [1.165, 1.54) is 19.2 Å². The Morgan fingerprint density at radius 1 is 0.326 bits per heavy atom. The molecule has 17 aromatic rings. The van der Waals surface area contributed by atoms with E-state index >= 15 is 0 Å². The number of fused-ring (bicyclic) bond motifs is 2. The molecule has 0 amide bonds. The summed E-state index contributed by atoms with van der Waals surface area (Å²) in [6, 6.07) is 56.6. The molecule has 714 valence electrons. The van der Waals surface area contributed by atoms with Gasteiger partial charge in [-0.15, -0.1) is 66.9 Å². The van der Waals surface area contributed by atoms with Gasteiger partial charge in [0.15, 0.2) is 29.1 Å². The standard InChI is InChI=1S/2C24H21N3O2S.C21H21N3O3S.C21H21N3O2S.C20H19N3O2S/c1-3-6-19-20(4-2)26-23(21-7-5-12-30-21)27-22(19)25-18-11-10-15-13-17(24(28)29)9-8-16(15)14-18;1-3-5-20-21(4-2)26-22(18-10-11-30-14-18)27-23(20)25-19-9-8-15-12-17(24(28)29)7-6-16(15)13-19;1-4-6-15-16(5-2)22-19(14-9-10-28-12-14)24-20(15)23-17-8-7-13(21(25)26)11-18(17)27-3;1-3-6-16-17(4-2)23-21(18-7-5-12-27-18)24-20(16)22-15-10-8-14(9-11-15)13-19(25)26;1-3-6-15-16(4-2)22-19(17-7-5-12-26-17)23-18(15)21-14-10-8-13(9-11-14)20(24)25/h3,5,7-14H,1,4,6H2,2H3,(H,28,29)(H,25,26,27);3,6-14H,1,4-5H2,2H3,(H,28,29)(H,25,26,27);4,7-12H,1,5-6H2,2-3H3,(H,25,26)(H,22,23,24);3,5,7-12H,1,4,6,13H2,2H3,(H,25,26)(H,22,23,24);3,5,7-12H,1,4,6H2,2H3,(H,24,25)(H,21,22,23). The third kappa shape index (κ3) is 26.6. The molecule has 0 spiro atoms. The molecule has 10 aromatic heterocycles. The Morgan fingerprint density at radius 2 is 0.624 bits per heavy atom. The number of rotatable bonds is 37. The van der Waals surface area contributed by atoms with Crippen LogP contribution in [0, 0.1) is 0 Å². The van der Waals surface area contributed by atoms with Gasteiger partial charge < -0.3 is 56.9 Å². The van der Waals surface area contributed by atoms with Crippen LogP contribution in [-0.4, -0.2) is 112 Å². The summed E-state index contributed by atoms with van der Waals surface area (Å²) in [6.45, 7) is 29.7. The molecule has 0 aliphatic carbocycles. The van der Waals surface area contributed by atoms with Crippen molar-refractivity contribution in [3.63, 3.8) is 0 Å². The lowest BCUT2D eigenvalue weighted by Gasteiger charge is -2.17. The highest BCUT2D eigenvalue weighted by Gasteiger charge is 2.24. The van der Waals surface area contributed by atoms with Crippen LogP contribution in [-0.2, 0) is 75.4 Å². The molecule has 10 heterocycles. The first-order valence-corrected chi connectivity index (χ1v) is 49.6. The summed E-state index contributed by atoms with van der Waals surface area (Å²) in [5.41, 5.74) is 17.7. The van der Waals surface area contributed by atoms with Gasteiger partial charge in [0, 0.05) is 101 Å². The predicted octanol–water partition coefficient (Wildman–Crippen LogP) is 26.9. The second kappa shape index (κ2) is 49.7. The molecular weight excluding hydrogens is 1870 g/mol. The highest BCUT2D eigenvalue weighted by atomic mass is 32.1. The lowest BCUT2D eigenvalue weighted by atomic mass is 10.1. The zero-order valence-corrected chi connectivity index (χ0v) is 82.4. The number of nitrogens with one attached hydrogen (secondary N) is 5. The van der Waals surface area contributed by atoms with Crippen molar-refractivity contribution in [1.82, 2.24) is 49.8 Å². The van der Waals surface area contributed by atoms with Crippen molar-refractivity contribution in [2.24, 2.45) is 0 Å². The first kappa shape index (κ1) is 102. The molecule has 0 saturated carbocycles. The zero-order valence-electron chi connectivity index (χ0n) is 78.3. The van der Waals surface area contributed by atoms with Crippen molar-refractivity contribution < 1.29 is 54.2 Å². The number of hydrogen-bond acceptors (Lipinski definition) is 26. The fourth-order valence-corrected chi connectivity index (χ4v) is 18.3. The highest BCUT2D eigenvalue weighted by Crippen LogP contribution is 2.38. The van der Waals surface area contributed by atoms with Crippen LogP contribution in [0.2, 0.25) is 0 Å². The van der Waals surface area contributed by atoms with Gasteiger partial charge in [-0.25, -0.2) is 69.0 Å². The summed E-state index contributed by atoms with van der Waals surface area (Å²) in [4.78, 5) is 106. The van der Waals surface area contributed by atoms with Gasteiger partial charge >= 0.3 is 29.8 Å². The quantitative estimate of drug-likeness (QED) is 0.0162. The minimum absolute atomic E-state index is 0.0119. The summed E-state index contributed by atoms with van der Waals surface area (Å²) < 4.78 is 5.38. The summed E-state index contributed by atoms with van der Waals surface area (Å²) in [5.74, 6) is 2.93. The van der Waals surface area contributed by atoms with E-state index < -0.39 is 29.8 Å². The molecule has 141 heavy (non-hydrogen) atoms. The van der Waals surface area contributed by atoms with Gasteiger partial charge in [-0.2, -0.15) is 22.7 Å². The molecule has 10 N–H and O–H groups in total. The Labute approximate surface area is 836 Å². The maximum atomic E-state index is 11.2. The van der Waals surface area contributed by atoms with E-state index in [1.54, 1.807) is 111 Å². The number of carboxylic acids is 5. The van der Waals surface area contributed by atoms with Gasteiger partial charge in [0.2, 0.25) is 0 Å². The van der Waals surface area contributed by atoms with Crippen LogP contribution in [0.5, 0.6) is 5.75 Å². The van der Waals surface area contributed by atoms with Gasteiger partial charge in [-0.1, -0.05) is 120 Å². The number of aromatic carboxylic acids is 4. The SMILES string of the molecule is C=CCc1c(CC)nc(-c2cccs2)nc1Nc1ccc(C(=O)O)cc1.C=CCc1c(CC)nc(-c2cccs2)nc1Nc1ccc(CC(=O)O)cc1.C=CCc1c(CC)nc(-c2cccs2)nc1Nc1ccc2cc(C(=O)O)ccc2c1.C=CCc1c(CC)nc(-c2ccsc2)nc1Nc1ccc(C(=O)O)cc1OC.C=CCc1c(CC)nc(-c2ccsc2)nc1Nc1ccc2cc(C(=O)O)ccc2c1. The zero-order chi connectivity index (χ0) is 100. The average Bonchev–Trinajstić information content (AvgIpc) is 1.70. The maximum absolute atomic E-state index is 11.2. The van der Waals surface area contributed by atoms with Gasteiger partial charge in [0.1, 0.15) is 34.8 Å². The third-order valence-electron chi connectivity index (χ3n) is 22.0. The number of aromatic nitrogens is 10. The van der Waals surface area contributed by atoms with E-state index in [0.717, 1.165) is 187 Å². The number of methoxy groups -OCH3 is 1. The molecule has 7 aromatic carbocycles. The van der Waals surface area contributed by atoms with Crippen molar-refractivity contribution in [2.75, 3.05) is 33.7 Å². The fraction of sp³-hybridized carbons (Fsp3) is 0.155. The summed E-state index contributed by atoms with van der Waals surface area (Å²) in [7, 11) is 1.50. The number of nitrogens with zero attached hydrogens (tertiary/aromatic N) is 10. The molecule has 0 radical (unpaired) electrons. The van der Waals surface area contributed by atoms with E-state index in [9.17, 15) is 39.3 Å². The van der Waals surface area contributed by atoms with Gasteiger partial charge in [0.25, 0.3) is 0 Å². The van der Waals surface area contributed by atoms with Crippen molar-refractivity contribution in [3.8, 4) is 60.6 Å². The number of thiophene rings is 5. The minimum Gasteiger partial charge on any atom is -0.495 e. The van der Waals surface area contributed by atoms with Gasteiger partial charge in [-0.3, -0.25) is 4.79 Å². The molecule has 31 heteroatoms. The topological polar surface area (TPSA) is 385 Å². The fourth-order valence-electron chi connectivity index (χ4n) is 15.1. The molecule has 26 nitrogen and oxygen atoms in total. The largest absolute Gasteiger partial charge is 0.495 e. The number of hydrogen-bond donors (Lipinski definition) is 10. The molecule has 0 unspecified atom stereocenters. The number of carboxylic acid groups (broad SMARTS) is 5. The minimum atomic E-state index is -1.01. The second-order valence-corrected chi connectivity index (χ2v) is 35.9. The molecule has 0 bridgehead atoms. The number of aryl methyl sites for hydroxylation is 5. The molecule has 17 rings (SSSR count). The van der Waals surface area contributed by atoms with E-state index in [0.29, 0.717) is 78.5 Å². The van der Waals surface area contributed by atoms with Crippen LogP contribution in [0.3, 0.4) is 0 Å². The lowest BCUT2D eigenvalue weighted by Crippen LogP contribution is -2.08. The molecular formula is C110H103N15O11S5. The monoisotopic (exact) mass is 1970 g/mol. The molecule has 0 fully saturated rings. The number of benzene rings is 7. The van der Waals surface area contributed by atoms with Gasteiger partial charge in [0.05, 0.1) is 56.1 Å². The van der Waals surface area contributed by atoms with Crippen LogP contribution in [0.15, 0.2) is 289 Å². The Morgan fingerprint density at radius 3 is 0.936 bits per heavy atom. The Balaban J connectivity index is 0.000000148. The summed E-state index contributed by atoms with van der Waals surface area (Å²) in [6.07, 6.45) is 16.5. The smallest absolute Gasteiger partial charge is 0.335 e. The predicted molar refractivity (Wildman–Crippen MR) is 572 cm³/mol. The molecule has 0 aliphatic rings. The Kier molecular flexibility index (Phi) is 36.0.